The average Bonchev–Trinajstić information content (AvgIpc) is 3.41. The zero-order valence-electron chi connectivity index (χ0n) is 21.0. The summed E-state index contributed by atoms with van der Waals surface area (Å²) in [6.45, 7) is 4.86. The van der Waals surface area contributed by atoms with Crippen LogP contribution >= 0.6 is 0 Å². The minimum Gasteiger partial charge on any atom is -0.507 e. The lowest BCUT2D eigenvalue weighted by Crippen LogP contribution is -2.25. The van der Waals surface area contributed by atoms with Crippen molar-refractivity contribution in [3.05, 3.63) is 77.9 Å². The first-order valence-electron chi connectivity index (χ1n) is 12.2. The molecule has 8 nitrogen and oxygen atoms in total. The van der Waals surface area contributed by atoms with Gasteiger partial charge in [0.15, 0.2) is 22.8 Å². The highest BCUT2D eigenvalue weighted by Crippen LogP contribution is 2.37. The summed E-state index contributed by atoms with van der Waals surface area (Å²) in [7, 11) is 0. The Kier molecular flexibility index (Phi) is 5.86. The third-order valence-electron chi connectivity index (χ3n) is 6.54. The summed E-state index contributed by atoms with van der Waals surface area (Å²) in [5, 5.41) is 13.6. The van der Waals surface area contributed by atoms with Crippen LogP contribution in [0.25, 0.3) is 33.7 Å². The Balaban J connectivity index is 1.33. The van der Waals surface area contributed by atoms with E-state index in [1.807, 2.05) is 18.4 Å². The minimum atomic E-state index is -0.729. The summed E-state index contributed by atoms with van der Waals surface area (Å²) in [6, 6.07) is 9.77. The lowest BCUT2D eigenvalue weighted by molar-refractivity contribution is 0.268. The van der Waals surface area contributed by atoms with Crippen LogP contribution in [0.2, 0.25) is 0 Å². The number of hydrogen-bond acceptors (Lipinski definition) is 7. The number of fused-ring (bicyclic) bond motifs is 3. The number of aromatic nitrogens is 5. The van der Waals surface area contributed by atoms with Gasteiger partial charge in [0.25, 0.3) is 6.01 Å². The molecule has 0 aliphatic carbocycles. The zero-order chi connectivity index (χ0) is 27.3. The summed E-state index contributed by atoms with van der Waals surface area (Å²) in [5.74, 6) is -1.33. The van der Waals surface area contributed by atoms with Gasteiger partial charge in [-0.25, -0.2) is 23.1 Å². The van der Waals surface area contributed by atoms with Crippen molar-refractivity contribution in [2.45, 2.75) is 25.8 Å². The number of benzene rings is 2. The van der Waals surface area contributed by atoms with Gasteiger partial charge in [0.1, 0.15) is 29.8 Å². The molecule has 0 fully saturated rings. The first kappa shape index (κ1) is 24.7. The van der Waals surface area contributed by atoms with Gasteiger partial charge in [-0.05, 0) is 61.7 Å². The predicted octanol–water partition coefficient (Wildman–Crippen LogP) is 5.46. The number of nitrogens with one attached hydrogen (secondary N) is 1. The van der Waals surface area contributed by atoms with E-state index < -0.39 is 23.0 Å². The molecule has 3 aromatic heterocycles. The Morgan fingerprint density at radius 1 is 0.949 bits per heavy atom. The summed E-state index contributed by atoms with van der Waals surface area (Å²) in [5.41, 5.74) is 2.44. The zero-order valence-corrected chi connectivity index (χ0v) is 21.0. The number of phenolic OH excluding ortho intramolecular Hbond substituents is 1. The average molecular weight is 533 g/mol. The molecule has 11 heteroatoms. The van der Waals surface area contributed by atoms with Crippen LogP contribution in [0.5, 0.6) is 11.8 Å². The molecule has 39 heavy (non-hydrogen) atoms. The summed E-state index contributed by atoms with van der Waals surface area (Å²) >= 11 is 0. The molecule has 0 spiro atoms. The van der Waals surface area contributed by atoms with E-state index in [9.17, 15) is 18.3 Å². The van der Waals surface area contributed by atoms with E-state index in [-0.39, 0.29) is 17.1 Å². The van der Waals surface area contributed by atoms with Crippen molar-refractivity contribution in [1.82, 2.24) is 24.5 Å². The lowest BCUT2D eigenvalue weighted by atomic mass is 10.0. The van der Waals surface area contributed by atoms with Crippen LogP contribution in [-0.2, 0) is 12.0 Å². The predicted molar refractivity (Wildman–Crippen MR) is 139 cm³/mol. The van der Waals surface area contributed by atoms with Gasteiger partial charge in [0, 0.05) is 29.9 Å². The van der Waals surface area contributed by atoms with Gasteiger partial charge in [0.05, 0.1) is 11.7 Å². The number of aromatic hydroxyl groups is 1. The van der Waals surface area contributed by atoms with Crippen LogP contribution in [0.15, 0.2) is 54.9 Å². The number of ether oxygens (including phenoxy) is 1. The largest absolute Gasteiger partial charge is 0.507 e. The molecular weight excluding hydrogens is 509 g/mol. The molecule has 6 rings (SSSR count). The fourth-order valence-electron chi connectivity index (χ4n) is 4.68. The molecule has 198 valence electrons. The molecule has 2 aromatic carbocycles. The number of pyridine rings is 1. The number of halogens is 3. The van der Waals surface area contributed by atoms with Gasteiger partial charge < -0.3 is 15.2 Å². The fourth-order valence-corrected chi connectivity index (χ4v) is 4.68. The van der Waals surface area contributed by atoms with Crippen molar-refractivity contribution in [3.63, 3.8) is 0 Å². The van der Waals surface area contributed by atoms with Crippen molar-refractivity contribution < 1.29 is 23.0 Å². The maximum Gasteiger partial charge on any atom is 0.299 e. The van der Waals surface area contributed by atoms with Gasteiger partial charge in [-0.3, -0.25) is 9.55 Å². The van der Waals surface area contributed by atoms with Gasteiger partial charge in [0.2, 0.25) is 0 Å². The fraction of sp³-hybridized carbons (Fsp3) is 0.214. The monoisotopic (exact) mass is 532 g/mol. The van der Waals surface area contributed by atoms with E-state index in [1.54, 1.807) is 12.1 Å². The third-order valence-corrected chi connectivity index (χ3v) is 6.54. The van der Waals surface area contributed by atoms with Gasteiger partial charge in [-0.2, -0.15) is 4.98 Å². The molecule has 1 aliphatic heterocycles. The van der Waals surface area contributed by atoms with E-state index in [0.29, 0.717) is 53.7 Å². The van der Waals surface area contributed by atoms with Crippen LogP contribution in [0.4, 0.5) is 19.0 Å². The molecule has 0 radical (unpaired) electrons. The Hall–Kier alpha value is -4.67. The second-order valence-electron chi connectivity index (χ2n) is 9.98. The van der Waals surface area contributed by atoms with Crippen LogP contribution in [0.3, 0.4) is 0 Å². The molecule has 0 saturated heterocycles. The maximum atomic E-state index is 13.9. The minimum absolute atomic E-state index is 0.0855. The molecule has 1 aliphatic rings. The molecule has 0 amide bonds. The smallest absolute Gasteiger partial charge is 0.299 e. The van der Waals surface area contributed by atoms with Crippen molar-refractivity contribution in [2.75, 3.05) is 18.5 Å². The van der Waals surface area contributed by atoms with E-state index in [2.05, 4.69) is 25.3 Å². The number of hydrogen-bond donors (Lipinski definition) is 2. The number of nitrogens with zero attached hydrogens (tertiary/aromatic N) is 5. The Labute approximate surface area is 221 Å². The van der Waals surface area contributed by atoms with Gasteiger partial charge >= 0.3 is 0 Å². The molecule has 0 unspecified atom stereocenters. The number of rotatable bonds is 6. The summed E-state index contributed by atoms with van der Waals surface area (Å²) in [4.78, 5) is 17.8. The molecule has 0 bridgehead atoms. The Morgan fingerprint density at radius 3 is 2.49 bits per heavy atom. The topological polar surface area (TPSA) is 98.0 Å². The van der Waals surface area contributed by atoms with Crippen molar-refractivity contribution >= 4 is 17.0 Å². The maximum absolute atomic E-state index is 13.9. The lowest BCUT2D eigenvalue weighted by Gasteiger charge is -2.18. The SMILES string of the molecule is CC1(C)COc2nc3c(NCCc4ccc(O)c(-c5cc(F)cc(F)c5)c4)nc(-c4cncc(F)c4)nc3n21. The molecule has 0 atom stereocenters. The highest BCUT2D eigenvalue weighted by Gasteiger charge is 2.36. The van der Waals surface area contributed by atoms with Crippen molar-refractivity contribution in [3.8, 4) is 34.3 Å². The number of anilines is 1. The quantitative estimate of drug-likeness (QED) is 0.300. The van der Waals surface area contributed by atoms with Crippen molar-refractivity contribution in [1.29, 1.82) is 0 Å². The van der Waals surface area contributed by atoms with Crippen LogP contribution < -0.4 is 10.1 Å². The normalized spacial score (nSPS) is 13.9. The molecule has 5 aromatic rings. The molecular formula is C28H23F3N6O2. The first-order valence-corrected chi connectivity index (χ1v) is 12.2. The first-order chi connectivity index (χ1) is 18.7. The van der Waals surface area contributed by atoms with E-state index >= 15 is 0 Å². The second kappa shape index (κ2) is 9.26. The van der Waals surface area contributed by atoms with Crippen LogP contribution in [0, 0.1) is 17.5 Å². The Morgan fingerprint density at radius 2 is 1.72 bits per heavy atom. The standard InChI is InChI=1S/C28H23F3N6O2/c1-28(2)14-39-27-34-23-25(35-24(36-26(23)37(27)28)17-10-20(31)13-32-12-17)33-6-5-15-3-4-22(38)21(7-15)16-8-18(29)11-19(30)9-16/h3-4,7-13,38H,5-6,14H2,1-2H3,(H,33,35,36). The third kappa shape index (κ3) is 4.60. The highest BCUT2D eigenvalue weighted by atomic mass is 19.1. The number of phenols is 1. The van der Waals surface area contributed by atoms with Crippen LogP contribution in [0.1, 0.15) is 19.4 Å². The van der Waals surface area contributed by atoms with Crippen molar-refractivity contribution in [2.24, 2.45) is 0 Å². The van der Waals surface area contributed by atoms with Gasteiger partial charge in [-0.15, -0.1) is 0 Å². The van der Waals surface area contributed by atoms with Crippen LogP contribution in [-0.4, -0.2) is 42.8 Å². The molecule has 0 saturated carbocycles. The summed E-state index contributed by atoms with van der Waals surface area (Å²) in [6.07, 6.45) is 3.09. The molecule has 2 N–H and O–H groups in total. The highest BCUT2D eigenvalue weighted by molar-refractivity contribution is 5.86. The van der Waals surface area contributed by atoms with E-state index in [4.69, 9.17) is 4.74 Å². The molecule has 4 heterocycles. The van der Waals surface area contributed by atoms with Gasteiger partial charge in [-0.1, -0.05) is 6.07 Å². The Bertz CT molecular complexity index is 1720. The number of imidazole rings is 1. The van der Waals surface area contributed by atoms with E-state index in [1.165, 1.54) is 30.5 Å². The summed E-state index contributed by atoms with van der Waals surface area (Å²) < 4.78 is 49.1. The second-order valence-corrected chi connectivity index (χ2v) is 9.98. The van der Waals surface area contributed by atoms with E-state index in [0.717, 1.165) is 17.8 Å².